The quantitative estimate of drug-likeness (QED) is 0.888. The predicted molar refractivity (Wildman–Crippen MR) is 63.9 cm³/mol. The molecule has 82 valence electrons. The second-order valence-electron chi connectivity index (χ2n) is 3.37. The molecule has 2 rings (SSSR count). The van der Waals surface area contributed by atoms with Gasteiger partial charge in [-0.25, -0.2) is 4.79 Å². The SMILES string of the molecule is O=C(O)c1cc2ccccc2n1C/C=C/Cl. The summed E-state index contributed by atoms with van der Waals surface area (Å²) in [5.74, 6) is -0.931. The van der Waals surface area contributed by atoms with Gasteiger partial charge >= 0.3 is 5.97 Å². The Kier molecular flexibility index (Phi) is 2.97. The minimum Gasteiger partial charge on any atom is -0.477 e. The van der Waals surface area contributed by atoms with E-state index in [0.29, 0.717) is 6.54 Å². The largest absolute Gasteiger partial charge is 0.477 e. The van der Waals surface area contributed by atoms with Crippen LogP contribution in [0, 0.1) is 0 Å². The number of carbonyl (C=O) groups is 1. The van der Waals surface area contributed by atoms with Gasteiger partial charge in [0.2, 0.25) is 0 Å². The number of aromatic carboxylic acids is 1. The Morgan fingerprint density at radius 3 is 2.88 bits per heavy atom. The van der Waals surface area contributed by atoms with Crippen molar-refractivity contribution < 1.29 is 9.90 Å². The summed E-state index contributed by atoms with van der Waals surface area (Å²) in [5.41, 5.74) is 2.56. The van der Waals surface area contributed by atoms with Crippen molar-refractivity contribution >= 4 is 28.5 Å². The molecule has 1 heterocycles. The molecule has 0 saturated heterocycles. The first kappa shape index (κ1) is 10.8. The van der Waals surface area contributed by atoms with E-state index in [1.807, 2.05) is 24.3 Å². The molecular weight excluding hydrogens is 226 g/mol. The molecule has 0 aliphatic rings. The van der Waals surface area contributed by atoms with E-state index in [9.17, 15) is 4.79 Å². The van der Waals surface area contributed by atoms with Crippen molar-refractivity contribution in [1.82, 2.24) is 4.57 Å². The fraction of sp³-hybridized carbons (Fsp3) is 0.0833. The summed E-state index contributed by atoms with van der Waals surface area (Å²) in [5, 5.41) is 10.0. The van der Waals surface area contributed by atoms with Crippen LogP contribution in [0.4, 0.5) is 0 Å². The Morgan fingerprint density at radius 2 is 2.19 bits per heavy atom. The summed E-state index contributed by atoms with van der Waals surface area (Å²) in [6, 6.07) is 9.22. The third-order valence-corrected chi connectivity index (χ3v) is 2.58. The van der Waals surface area contributed by atoms with Gasteiger partial charge in [-0.05, 0) is 12.1 Å². The van der Waals surface area contributed by atoms with Gasteiger partial charge in [0.1, 0.15) is 5.69 Å². The molecule has 2 aromatic rings. The van der Waals surface area contributed by atoms with E-state index in [1.165, 1.54) is 5.54 Å². The highest BCUT2D eigenvalue weighted by Gasteiger charge is 2.12. The summed E-state index contributed by atoms with van der Waals surface area (Å²) < 4.78 is 1.72. The molecule has 4 heteroatoms. The van der Waals surface area contributed by atoms with Crippen molar-refractivity contribution in [2.24, 2.45) is 0 Å². The molecule has 0 aliphatic carbocycles. The van der Waals surface area contributed by atoms with Gasteiger partial charge in [0.05, 0.1) is 0 Å². The van der Waals surface area contributed by atoms with Crippen molar-refractivity contribution in [3.05, 3.63) is 47.6 Å². The molecule has 0 amide bonds. The van der Waals surface area contributed by atoms with Gasteiger partial charge in [-0.1, -0.05) is 35.9 Å². The highest BCUT2D eigenvalue weighted by molar-refractivity contribution is 6.25. The number of hydrogen-bond acceptors (Lipinski definition) is 1. The minimum atomic E-state index is -0.931. The number of allylic oxidation sites excluding steroid dienone is 1. The van der Waals surface area contributed by atoms with E-state index in [-0.39, 0.29) is 5.69 Å². The van der Waals surface area contributed by atoms with E-state index in [4.69, 9.17) is 16.7 Å². The zero-order valence-corrected chi connectivity index (χ0v) is 9.19. The molecule has 0 spiro atoms. The van der Waals surface area contributed by atoms with E-state index in [0.717, 1.165) is 10.9 Å². The normalized spacial score (nSPS) is 11.3. The number of benzene rings is 1. The van der Waals surface area contributed by atoms with Gasteiger partial charge in [0.15, 0.2) is 0 Å². The van der Waals surface area contributed by atoms with Crippen LogP contribution in [0.5, 0.6) is 0 Å². The van der Waals surface area contributed by atoms with E-state index < -0.39 is 5.97 Å². The fourth-order valence-electron chi connectivity index (χ4n) is 1.73. The lowest BCUT2D eigenvalue weighted by Crippen LogP contribution is -2.07. The van der Waals surface area contributed by atoms with Gasteiger partial charge in [0, 0.05) is 23.0 Å². The van der Waals surface area contributed by atoms with Crippen molar-refractivity contribution in [1.29, 1.82) is 0 Å². The number of rotatable bonds is 3. The van der Waals surface area contributed by atoms with E-state index >= 15 is 0 Å². The van der Waals surface area contributed by atoms with Crippen LogP contribution >= 0.6 is 11.6 Å². The van der Waals surface area contributed by atoms with Gasteiger partial charge in [0.25, 0.3) is 0 Å². The van der Waals surface area contributed by atoms with Crippen LogP contribution in [0.3, 0.4) is 0 Å². The molecule has 3 nitrogen and oxygen atoms in total. The lowest BCUT2D eigenvalue weighted by Gasteiger charge is -2.04. The first-order valence-corrected chi connectivity index (χ1v) is 5.24. The Morgan fingerprint density at radius 1 is 1.44 bits per heavy atom. The topological polar surface area (TPSA) is 42.2 Å². The number of nitrogens with zero attached hydrogens (tertiary/aromatic N) is 1. The molecule has 0 atom stereocenters. The number of fused-ring (bicyclic) bond motifs is 1. The molecule has 0 aliphatic heterocycles. The molecule has 1 N–H and O–H groups in total. The third kappa shape index (κ3) is 1.82. The zero-order chi connectivity index (χ0) is 11.5. The third-order valence-electron chi connectivity index (χ3n) is 2.41. The van der Waals surface area contributed by atoms with Crippen LogP contribution in [-0.4, -0.2) is 15.6 Å². The Bertz CT molecular complexity index is 557. The Hall–Kier alpha value is -1.74. The van der Waals surface area contributed by atoms with E-state index in [1.54, 1.807) is 16.7 Å². The summed E-state index contributed by atoms with van der Waals surface area (Å²) >= 11 is 5.46. The second-order valence-corrected chi connectivity index (χ2v) is 3.62. The summed E-state index contributed by atoms with van der Waals surface area (Å²) in [4.78, 5) is 11.1. The highest BCUT2D eigenvalue weighted by atomic mass is 35.5. The summed E-state index contributed by atoms with van der Waals surface area (Å²) in [6.45, 7) is 0.457. The van der Waals surface area contributed by atoms with Crippen LogP contribution in [0.2, 0.25) is 0 Å². The lowest BCUT2D eigenvalue weighted by molar-refractivity contribution is 0.0686. The first-order valence-electron chi connectivity index (χ1n) is 4.81. The van der Waals surface area contributed by atoms with Gasteiger partial charge in [-0.3, -0.25) is 0 Å². The number of aromatic nitrogens is 1. The lowest BCUT2D eigenvalue weighted by atomic mass is 10.2. The average Bonchev–Trinajstić information content (AvgIpc) is 2.65. The molecule has 1 aromatic heterocycles. The summed E-state index contributed by atoms with van der Waals surface area (Å²) in [7, 11) is 0. The minimum absolute atomic E-state index is 0.274. The number of para-hydroxylation sites is 1. The molecule has 0 saturated carbocycles. The molecule has 1 aromatic carbocycles. The fourth-order valence-corrected chi connectivity index (χ4v) is 1.81. The second kappa shape index (κ2) is 4.41. The molecule has 16 heavy (non-hydrogen) atoms. The standard InChI is InChI=1S/C12H10ClNO2/c13-6-3-7-14-10-5-2-1-4-9(10)8-11(14)12(15)16/h1-6,8H,7H2,(H,15,16)/b6-3+. The molecule has 0 unspecified atom stereocenters. The number of carboxylic acids is 1. The Balaban J connectivity index is 2.64. The maximum absolute atomic E-state index is 11.1. The Labute approximate surface area is 97.6 Å². The maximum atomic E-state index is 11.1. The van der Waals surface area contributed by atoms with E-state index in [2.05, 4.69) is 0 Å². The molecule has 0 bridgehead atoms. The van der Waals surface area contributed by atoms with Crippen LogP contribution in [-0.2, 0) is 6.54 Å². The van der Waals surface area contributed by atoms with Crippen molar-refractivity contribution in [3.63, 3.8) is 0 Å². The smallest absolute Gasteiger partial charge is 0.352 e. The molecule has 0 radical (unpaired) electrons. The molecule has 0 fully saturated rings. The number of carboxylic acid groups (broad SMARTS) is 1. The maximum Gasteiger partial charge on any atom is 0.352 e. The van der Waals surface area contributed by atoms with Crippen LogP contribution in [0.1, 0.15) is 10.5 Å². The monoisotopic (exact) mass is 235 g/mol. The van der Waals surface area contributed by atoms with Crippen molar-refractivity contribution in [2.45, 2.75) is 6.54 Å². The molecular formula is C12H10ClNO2. The van der Waals surface area contributed by atoms with Gasteiger partial charge in [-0.15, -0.1) is 0 Å². The van der Waals surface area contributed by atoms with Crippen LogP contribution in [0.25, 0.3) is 10.9 Å². The van der Waals surface area contributed by atoms with Crippen LogP contribution < -0.4 is 0 Å². The van der Waals surface area contributed by atoms with Crippen LogP contribution in [0.15, 0.2) is 41.9 Å². The highest BCUT2D eigenvalue weighted by Crippen LogP contribution is 2.19. The number of hydrogen-bond donors (Lipinski definition) is 1. The number of halogens is 1. The van der Waals surface area contributed by atoms with Crippen molar-refractivity contribution in [3.8, 4) is 0 Å². The average molecular weight is 236 g/mol. The van der Waals surface area contributed by atoms with Crippen molar-refractivity contribution in [2.75, 3.05) is 0 Å². The van der Waals surface area contributed by atoms with Gasteiger partial charge < -0.3 is 9.67 Å². The predicted octanol–water partition coefficient (Wildman–Crippen LogP) is 3.09. The van der Waals surface area contributed by atoms with Gasteiger partial charge in [-0.2, -0.15) is 0 Å². The summed E-state index contributed by atoms with van der Waals surface area (Å²) in [6.07, 6.45) is 1.71. The zero-order valence-electron chi connectivity index (χ0n) is 8.43. The first-order chi connectivity index (χ1) is 7.74.